The molecule has 4 heterocycles. The maximum Gasteiger partial charge on any atom is 0.165 e. The Balaban J connectivity index is 1.58. The van der Waals surface area contributed by atoms with Gasteiger partial charge in [0, 0.05) is 48.2 Å². The molecule has 32 heavy (non-hydrogen) atoms. The fourth-order valence-electron chi connectivity index (χ4n) is 4.33. The van der Waals surface area contributed by atoms with Gasteiger partial charge < -0.3 is 5.32 Å². The highest BCUT2D eigenvalue weighted by Gasteiger charge is 2.17. The molecule has 0 amide bonds. The number of rotatable bonds is 5. The Labute approximate surface area is 187 Å². The van der Waals surface area contributed by atoms with Crippen LogP contribution in [0, 0.1) is 20.8 Å². The highest BCUT2D eigenvalue weighted by atomic mass is 15.3. The summed E-state index contributed by atoms with van der Waals surface area (Å²) in [5.41, 5.74) is 9.35. The van der Waals surface area contributed by atoms with E-state index >= 15 is 0 Å². The summed E-state index contributed by atoms with van der Waals surface area (Å²) in [4.78, 5) is 9.25. The van der Waals surface area contributed by atoms with Crippen LogP contribution >= 0.6 is 0 Å². The van der Waals surface area contributed by atoms with Crippen LogP contribution in [0.15, 0.2) is 42.6 Å². The van der Waals surface area contributed by atoms with Crippen molar-refractivity contribution in [3.8, 4) is 11.1 Å². The summed E-state index contributed by atoms with van der Waals surface area (Å²) >= 11 is 0. The molecule has 162 valence electrons. The molecule has 0 fully saturated rings. The van der Waals surface area contributed by atoms with E-state index in [1.807, 2.05) is 55.3 Å². The van der Waals surface area contributed by atoms with Gasteiger partial charge in [-0.3, -0.25) is 9.67 Å². The van der Waals surface area contributed by atoms with Gasteiger partial charge in [-0.05, 0) is 62.6 Å². The number of benzene rings is 1. The molecule has 0 unspecified atom stereocenters. The van der Waals surface area contributed by atoms with Crippen molar-refractivity contribution in [2.45, 2.75) is 40.7 Å². The molecule has 0 aliphatic carbocycles. The highest BCUT2D eigenvalue weighted by molar-refractivity contribution is 5.90. The third-order valence-corrected chi connectivity index (χ3v) is 5.93. The van der Waals surface area contributed by atoms with Crippen LogP contribution in [0.4, 0.5) is 5.82 Å². The number of nitrogens with zero attached hydrogens (tertiary/aromatic N) is 6. The van der Waals surface area contributed by atoms with Crippen LogP contribution in [0.3, 0.4) is 0 Å². The zero-order chi connectivity index (χ0) is 22.4. The van der Waals surface area contributed by atoms with Crippen molar-refractivity contribution in [3.05, 3.63) is 70.9 Å². The van der Waals surface area contributed by atoms with Crippen molar-refractivity contribution in [2.24, 2.45) is 7.05 Å². The fraction of sp³-hybridized carbons (Fsp3) is 0.280. The topological polar surface area (TPSA) is 72.9 Å². The zero-order valence-electron chi connectivity index (χ0n) is 19.1. The Bertz CT molecular complexity index is 1460. The van der Waals surface area contributed by atoms with E-state index in [4.69, 9.17) is 10.1 Å². The molecule has 7 heteroatoms. The molecular weight excluding hydrogens is 398 g/mol. The highest BCUT2D eigenvalue weighted by Crippen LogP contribution is 2.32. The smallest absolute Gasteiger partial charge is 0.165 e. The van der Waals surface area contributed by atoms with Crippen molar-refractivity contribution < 1.29 is 0 Å². The molecule has 0 atom stereocenters. The number of anilines is 1. The van der Waals surface area contributed by atoms with Gasteiger partial charge in [-0.25, -0.2) is 4.98 Å². The van der Waals surface area contributed by atoms with E-state index in [1.54, 1.807) is 0 Å². The van der Waals surface area contributed by atoms with E-state index in [0.29, 0.717) is 6.54 Å². The predicted molar refractivity (Wildman–Crippen MR) is 128 cm³/mol. The number of pyridine rings is 1. The number of hydrogen-bond donors (Lipinski definition) is 1. The van der Waals surface area contributed by atoms with Crippen molar-refractivity contribution in [2.75, 3.05) is 5.32 Å². The van der Waals surface area contributed by atoms with Crippen LogP contribution in [0.1, 0.15) is 35.3 Å². The van der Waals surface area contributed by atoms with Gasteiger partial charge in [0.2, 0.25) is 0 Å². The summed E-state index contributed by atoms with van der Waals surface area (Å²) in [5.74, 6) is 0.926. The Kier molecular flexibility index (Phi) is 4.89. The SMILES string of the molecule is CCc1cc(CNc2cc(C)nc3c(-c4ccc5c(c4)c(C)nn5C)c(C)nn23)ccn1. The molecule has 7 nitrogen and oxygen atoms in total. The van der Waals surface area contributed by atoms with E-state index in [0.717, 1.165) is 62.7 Å². The minimum Gasteiger partial charge on any atom is -0.366 e. The van der Waals surface area contributed by atoms with E-state index < -0.39 is 0 Å². The van der Waals surface area contributed by atoms with Crippen LogP contribution < -0.4 is 5.32 Å². The number of aromatic nitrogens is 6. The second kappa shape index (κ2) is 7.75. The molecule has 5 rings (SSSR count). The standard InChI is InChI=1S/C25H27N7/c1-6-20-12-18(9-10-26-20)14-27-23-11-15(2)28-25-24(17(4)30-32(23)25)19-7-8-22-21(13-19)16(3)29-31(22)5/h7-13,27H,6,14H2,1-5H3. The molecule has 1 N–H and O–H groups in total. The first kappa shape index (κ1) is 20.2. The second-order valence-electron chi connectivity index (χ2n) is 8.28. The molecule has 0 aliphatic heterocycles. The molecule has 5 aromatic rings. The number of fused-ring (bicyclic) bond motifs is 2. The lowest BCUT2D eigenvalue weighted by molar-refractivity contribution is 0.783. The molecule has 0 radical (unpaired) electrons. The van der Waals surface area contributed by atoms with Gasteiger partial charge in [-0.1, -0.05) is 13.0 Å². The van der Waals surface area contributed by atoms with Crippen molar-refractivity contribution in [3.63, 3.8) is 0 Å². The summed E-state index contributed by atoms with van der Waals surface area (Å²) in [6, 6.07) is 12.7. The fourth-order valence-corrected chi connectivity index (χ4v) is 4.33. The quantitative estimate of drug-likeness (QED) is 0.439. The lowest BCUT2D eigenvalue weighted by atomic mass is 10.0. The van der Waals surface area contributed by atoms with Gasteiger partial charge >= 0.3 is 0 Å². The number of nitrogens with one attached hydrogen (secondary N) is 1. The molecule has 0 bridgehead atoms. The summed E-state index contributed by atoms with van der Waals surface area (Å²) in [7, 11) is 1.98. The van der Waals surface area contributed by atoms with Crippen LogP contribution in [0.5, 0.6) is 0 Å². The Morgan fingerprint density at radius 3 is 2.62 bits per heavy atom. The first-order chi connectivity index (χ1) is 15.4. The third kappa shape index (κ3) is 3.39. The monoisotopic (exact) mass is 425 g/mol. The molecule has 4 aromatic heterocycles. The molecule has 0 spiro atoms. The lowest BCUT2D eigenvalue weighted by Crippen LogP contribution is -2.07. The number of aryl methyl sites for hydroxylation is 5. The second-order valence-corrected chi connectivity index (χ2v) is 8.28. The van der Waals surface area contributed by atoms with Crippen molar-refractivity contribution >= 4 is 22.4 Å². The van der Waals surface area contributed by atoms with E-state index in [2.05, 4.69) is 46.6 Å². The Morgan fingerprint density at radius 1 is 0.969 bits per heavy atom. The average Bonchev–Trinajstić information content (AvgIpc) is 3.26. The first-order valence-electron chi connectivity index (χ1n) is 10.9. The maximum atomic E-state index is 4.85. The zero-order valence-corrected chi connectivity index (χ0v) is 19.1. The van der Waals surface area contributed by atoms with E-state index in [1.165, 1.54) is 5.56 Å². The maximum absolute atomic E-state index is 4.85. The largest absolute Gasteiger partial charge is 0.366 e. The van der Waals surface area contributed by atoms with Crippen LogP contribution in [-0.4, -0.2) is 29.4 Å². The first-order valence-corrected chi connectivity index (χ1v) is 10.9. The van der Waals surface area contributed by atoms with Crippen LogP contribution in [0.2, 0.25) is 0 Å². The molecular formula is C25H27N7. The summed E-state index contributed by atoms with van der Waals surface area (Å²) in [6.07, 6.45) is 2.80. The molecule has 0 saturated carbocycles. The van der Waals surface area contributed by atoms with Crippen molar-refractivity contribution in [1.82, 2.24) is 29.4 Å². The van der Waals surface area contributed by atoms with Gasteiger partial charge in [0.15, 0.2) is 5.65 Å². The Hall–Kier alpha value is -3.74. The van der Waals surface area contributed by atoms with Gasteiger partial charge in [-0.15, -0.1) is 0 Å². The molecule has 0 aliphatic rings. The lowest BCUT2D eigenvalue weighted by Gasteiger charge is -2.10. The summed E-state index contributed by atoms with van der Waals surface area (Å²) < 4.78 is 3.84. The van der Waals surface area contributed by atoms with E-state index in [9.17, 15) is 0 Å². The Morgan fingerprint density at radius 2 is 1.81 bits per heavy atom. The molecule has 0 saturated heterocycles. The van der Waals surface area contributed by atoms with E-state index in [-0.39, 0.29) is 0 Å². The van der Waals surface area contributed by atoms with Gasteiger partial charge in [0.1, 0.15) is 5.82 Å². The molecule has 1 aromatic carbocycles. The summed E-state index contributed by atoms with van der Waals surface area (Å²) in [6.45, 7) is 8.92. The predicted octanol–water partition coefficient (Wildman–Crippen LogP) is 4.78. The normalized spacial score (nSPS) is 11.5. The number of hydrogen-bond acceptors (Lipinski definition) is 5. The van der Waals surface area contributed by atoms with Crippen LogP contribution in [-0.2, 0) is 20.0 Å². The van der Waals surface area contributed by atoms with Gasteiger partial charge in [0.25, 0.3) is 0 Å². The third-order valence-electron chi connectivity index (χ3n) is 5.93. The average molecular weight is 426 g/mol. The van der Waals surface area contributed by atoms with Gasteiger partial charge in [0.05, 0.1) is 16.9 Å². The summed E-state index contributed by atoms with van der Waals surface area (Å²) in [5, 5.41) is 14.1. The van der Waals surface area contributed by atoms with Crippen molar-refractivity contribution in [1.29, 1.82) is 0 Å². The van der Waals surface area contributed by atoms with Gasteiger partial charge in [-0.2, -0.15) is 14.7 Å². The minimum atomic E-state index is 0.698. The minimum absolute atomic E-state index is 0.698. The van der Waals surface area contributed by atoms with Crippen LogP contribution in [0.25, 0.3) is 27.7 Å².